The molecule has 2 atom stereocenters. The Balaban J connectivity index is 1.35. The second kappa shape index (κ2) is 5.83. The number of nitrogens with one attached hydrogen (secondary N) is 2. The minimum Gasteiger partial charge on any atom is -0.459 e. The average Bonchev–Trinajstić information content (AvgIpc) is 3.47. The van der Waals surface area contributed by atoms with Gasteiger partial charge in [-0.05, 0) is 36.0 Å². The van der Waals surface area contributed by atoms with Crippen LogP contribution in [0.25, 0.3) is 11.0 Å². The molecule has 1 fully saturated rings. The van der Waals surface area contributed by atoms with Crippen molar-refractivity contribution >= 4 is 40.3 Å². The Kier molecular flexibility index (Phi) is 3.27. The van der Waals surface area contributed by atoms with Crippen LogP contribution in [0, 0.1) is 5.92 Å². The molecule has 3 aromatic heterocycles. The summed E-state index contributed by atoms with van der Waals surface area (Å²) in [5.41, 5.74) is 3.42. The lowest BCUT2D eigenvalue weighted by Gasteiger charge is -2.22. The fraction of sp³-hybridized carbons (Fsp3) is 0.158. The number of H-pyrrole nitrogens is 2. The van der Waals surface area contributed by atoms with Crippen LogP contribution in [0.3, 0.4) is 0 Å². The minimum atomic E-state index is -0.472. The molecule has 8 nitrogen and oxygen atoms in total. The number of aliphatic imine (C=N–C) groups is 1. The molecule has 0 amide bonds. The Bertz CT molecular complexity index is 1220. The summed E-state index contributed by atoms with van der Waals surface area (Å²) in [6.07, 6.45) is 1.69. The summed E-state index contributed by atoms with van der Waals surface area (Å²) in [6.45, 7) is 0.208. The first-order valence-electron chi connectivity index (χ1n) is 8.76. The predicted molar refractivity (Wildman–Crippen MR) is 101 cm³/mol. The van der Waals surface area contributed by atoms with Gasteiger partial charge in [-0.1, -0.05) is 12.1 Å². The number of carbonyl (C=O) groups is 1. The van der Waals surface area contributed by atoms with Crippen LogP contribution in [0.5, 0.6) is 0 Å². The Morgan fingerprint density at radius 3 is 3.00 bits per heavy atom. The van der Waals surface area contributed by atoms with E-state index in [1.807, 2.05) is 36.4 Å². The lowest BCUT2D eigenvalue weighted by atomic mass is 9.81. The van der Waals surface area contributed by atoms with Crippen molar-refractivity contribution in [2.75, 3.05) is 6.61 Å². The van der Waals surface area contributed by atoms with E-state index in [0.717, 1.165) is 21.8 Å². The zero-order chi connectivity index (χ0) is 18.7. The summed E-state index contributed by atoms with van der Waals surface area (Å²) >= 11 is 1.40. The van der Waals surface area contributed by atoms with E-state index in [-0.39, 0.29) is 18.5 Å². The number of hydrogen-bond acceptors (Lipinski definition) is 7. The number of cyclic esters (lactones) is 1. The van der Waals surface area contributed by atoms with Gasteiger partial charge in [0.2, 0.25) is 0 Å². The number of benzene rings is 1. The number of aromatic nitrogens is 4. The molecule has 2 aliphatic heterocycles. The number of nitrogens with zero attached hydrogens (tertiary/aromatic N) is 3. The van der Waals surface area contributed by atoms with Crippen LogP contribution in [0.1, 0.15) is 17.2 Å². The molecule has 0 radical (unpaired) electrons. The fourth-order valence-electron chi connectivity index (χ4n) is 3.77. The predicted octanol–water partition coefficient (Wildman–Crippen LogP) is 3.42. The van der Waals surface area contributed by atoms with Crippen molar-refractivity contribution < 1.29 is 13.9 Å². The molecule has 28 heavy (non-hydrogen) atoms. The quantitative estimate of drug-likeness (QED) is 0.518. The van der Waals surface area contributed by atoms with Gasteiger partial charge in [0.1, 0.15) is 18.3 Å². The van der Waals surface area contributed by atoms with Crippen LogP contribution in [0.2, 0.25) is 0 Å². The maximum Gasteiger partial charge on any atom is 0.316 e. The zero-order valence-corrected chi connectivity index (χ0v) is 15.2. The molecule has 5 heterocycles. The Labute approximate surface area is 162 Å². The summed E-state index contributed by atoms with van der Waals surface area (Å²) in [5.74, 6) is 0.273. The second-order valence-electron chi connectivity index (χ2n) is 6.66. The van der Waals surface area contributed by atoms with E-state index >= 15 is 0 Å². The van der Waals surface area contributed by atoms with Gasteiger partial charge in [0.25, 0.3) is 0 Å². The van der Waals surface area contributed by atoms with Crippen molar-refractivity contribution in [1.29, 1.82) is 0 Å². The Hall–Kier alpha value is -3.33. The molecule has 6 rings (SSSR count). The van der Waals surface area contributed by atoms with Gasteiger partial charge in [-0.3, -0.25) is 9.89 Å². The fourth-order valence-corrected chi connectivity index (χ4v) is 4.54. The van der Waals surface area contributed by atoms with Crippen LogP contribution in [0.4, 0.5) is 5.82 Å². The lowest BCUT2D eigenvalue weighted by Crippen LogP contribution is -2.27. The number of imidazole rings is 1. The first-order chi connectivity index (χ1) is 13.8. The number of esters is 1. The van der Waals surface area contributed by atoms with Crippen molar-refractivity contribution in [2.45, 2.75) is 16.2 Å². The van der Waals surface area contributed by atoms with E-state index in [1.165, 1.54) is 11.8 Å². The molecule has 2 N–H and O–H groups in total. The summed E-state index contributed by atoms with van der Waals surface area (Å²) in [7, 11) is 0. The van der Waals surface area contributed by atoms with E-state index in [1.54, 1.807) is 6.20 Å². The van der Waals surface area contributed by atoms with Crippen molar-refractivity contribution in [3.8, 4) is 0 Å². The van der Waals surface area contributed by atoms with Crippen LogP contribution in [-0.4, -0.2) is 38.5 Å². The molecule has 4 aromatic rings. The molecule has 2 unspecified atom stereocenters. The van der Waals surface area contributed by atoms with Gasteiger partial charge < -0.3 is 14.1 Å². The number of carbonyl (C=O) groups excluding carboxylic acids is 1. The topological polar surface area (TPSA) is 109 Å². The molecule has 1 aromatic carbocycles. The van der Waals surface area contributed by atoms with Gasteiger partial charge in [0.15, 0.2) is 16.1 Å². The van der Waals surface area contributed by atoms with Gasteiger partial charge >= 0.3 is 5.97 Å². The average molecular weight is 391 g/mol. The first-order valence-corrected chi connectivity index (χ1v) is 9.57. The molecule has 0 saturated carbocycles. The number of para-hydroxylation sites is 2. The van der Waals surface area contributed by atoms with Crippen LogP contribution in [-0.2, 0) is 9.53 Å². The minimum absolute atomic E-state index is 0.208. The maximum absolute atomic E-state index is 12.3. The third-order valence-corrected chi connectivity index (χ3v) is 5.83. The van der Waals surface area contributed by atoms with Gasteiger partial charge in [-0.25, -0.2) is 9.98 Å². The summed E-state index contributed by atoms with van der Waals surface area (Å²) in [6, 6.07) is 11.6. The number of rotatable bonds is 3. The Morgan fingerprint density at radius 1 is 1.14 bits per heavy atom. The number of hydrogen-bond donors (Lipinski definition) is 2. The van der Waals surface area contributed by atoms with E-state index in [2.05, 4.69) is 25.2 Å². The highest BCUT2D eigenvalue weighted by Gasteiger charge is 2.46. The van der Waals surface area contributed by atoms with Crippen molar-refractivity contribution in [1.82, 2.24) is 20.2 Å². The van der Waals surface area contributed by atoms with E-state index in [0.29, 0.717) is 22.4 Å². The van der Waals surface area contributed by atoms with E-state index in [9.17, 15) is 4.79 Å². The van der Waals surface area contributed by atoms with Crippen LogP contribution >= 0.6 is 11.8 Å². The molecule has 1 saturated heterocycles. The second-order valence-corrected chi connectivity index (χ2v) is 7.65. The van der Waals surface area contributed by atoms with Gasteiger partial charge in [0.05, 0.1) is 28.9 Å². The molecular formula is C19H13N5O3S. The number of furan rings is 1. The molecule has 0 aliphatic carbocycles. The highest BCUT2D eigenvalue weighted by molar-refractivity contribution is 7.99. The first kappa shape index (κ1) is 15.7. The molecule has 2 aliphatic rings. The highest BCUT2D eigenvalue weighted by atomic mass is 32.2. The molecule has 138 valence electrons. The summed E-state index contributed by atoms with van der Waals surface area (Å²) in [5, 5.41) is 8.40. The smallest absolute Gasteiger partial charge is 0.316 e. The molecular weight excluding hydrogens is 378 g/mol. The third kappa shape index (κ3) is 2.32. The normalized spacial score (nSPS) is 20.7. The van der Waals surface area contributed by atoms with Crippen LogP contribution < -0.4 is 0 Å². The third-order valence-electron chi connectivity index (χ3n) is 5.02. The maximum atomic E-state index is 12.3. The monoisotopic (exact) mass is 391 g/mol. The SMILES string of the molecule is O=C1OCC2=Nc3[nH]ncc3C(c3ccc(Sc4nc5ccccc5[nH]4)o3)C12. The van der Waals surface area contributed by atoms with Gasteiger partial charge in [-0.2, -0.15) is 5.10 Å². The number of aromatic amines is 2. The van der Waals surface area contributed by atoms with Crippen LogP contribution in [0.15, 0.2) is 62.3 Å². The number of ether oxygens (including phenoxy) is 1. The van der Waals surface area contributed by atoms with Gasteiger partial charge in [-0.15, -0.1) is 0 Å². The van der Waals surface area contributed by atoms with Crippen molar-refractivity contribution in [3.63, 3.8) is 0 Å². The zero-order valence-electron chi connectivity index (χ0n) is 14.4. The van der Waals surface area contributed by atoms with Crippen molar-refractivity contribution in [3.05, 3.63) is 53.9 Å². The Morgan fingerprint density at radius 2 is 2.07 bits per heavy atom. The van der Waals surface area contributed by atoms with E-state index < -0.39 is 5.92 Å². The number of fused-ring (bicyclic) bond motifs is 3. The standard InChI is InChI=1S/C19H13N5O3S/c25-18-16-12(8-26-18)21-17-9(7-20-24-17)15(16)13-5-6-14(27-13)28-19-22-10-3-1-2-4-11(10)23-19/h1-7,15-16H,8H2,(H,20,24)(H,22,23). The largest absolute Gasteiger partial charge is 0.459 e. The van der Waals surface area contributed by atoms with E-state index in [4.69, 9.17) is 9.15 Å². The lowest BCUT2D eigenvalue weighted by molar-refractivity contribution is -0.141. The van der Waals surface area contributed by atoms with Gasteiger partial charge in [0, 0.05) is 5.56 Å². The molecule has 0 bridgehead atoms. The highest BCUT2D eigenvalue weighted by Crippen LogP contribution is 2.45. The summed E-state index contributed by atoms with van der Waals surface area (Å²) in [4.78, 5) is 24.6. The van der Waals surface area contributed by atoms with Crippen molar-refractivity contribution in [2.24, 2.45) is 10.9 Å². The molecule has 9 heteroatoms. The summed E-state index contributed by atoms with van der Waals surface area (Å²) < 4.78 is 11.3. The molecule has 0 spiro atoms.